The van der Waals surface area contributed by atoms with Gasteiger partial charge in [-0.25, -0.2) is 0 Å². The van der Waals surface area contributed by atoms with Crippen LogP contribution >= 0.6 is 0 Å². The molecule has 0 aliphatic heterocycles. The first-order valence-corrected chi connectivity index (χ1v) is 5.59. The molecule has 0 rings (SSSR count). The van der Waals surface area contributed by atoms with Gasteiger partial charge in [-0.2, -0.15) is 0 Å². The van der Waals surface area contributed by atoms with Crippen LogP contribution in [0.4, 0.5) is 0 Å². The highest BCUT2D eigenvalue weighted by molar-refractivity contribution is 5.96. The van der Waals surface area contributed by atoms with Crippen molar-refractivity contribution in [3.8, 4) is 0 Å². The lowest BCUT2D eigenvalue weighted by atomic mass is 10.0. The van der Waals surface area contributed by atoms with Gasteiger partial charge in [0.05, 0.1) is 12.6 Å². The van der Waals surface area contributed by atoms with Gasteiger partial charge in [0.1, 0.15) is 12.2 Å². The highest BCUT2D eigenvalue weighted by Crippen LogP contribution is 2.14. The van der Waals surface area contributed by atoms with Gasteiger partial charge in [-0.3, -0.25) is 9.59 Å². The topological polar surface area (TPSA) is 98.9 Å². The SMILES string of the molecule is C=CCOC(=O)C(C(=O)OC(C)(C)C)C(N)CO. The smallest absolute Gasteiger partial charge is 0.322 e. The predicted octanol–water partition coefficient (Wildman–Crippen LogP) is -0.00690. The summed E-state index contributed by atoms with van der Waals surface area (Å²) in [6.45, 7) is 7.84. The summed E-state index contributed by atoms with van der Waals surface area (Å²) in [6, 6.07) is -1.06. The average molecular weight is 259 g/mol. The Morgan fingerprint density at radius 1 is 1.39 bits per heavy atom. The molecule has 0 heterocycles. The fourth-order valence-electron chi connectivity index (χ4n) is 1.15. The Morgan fingerprint density at radius 2 is 1.94 bits per heavy atom. The fourth-order valence-corrected chi connectivity index (χ4v) is 1.15. The molecule has 6 nitrogen and oxygen atoms in total. The highest BCUT2D eigenvalue weighted by Gasteiger charge is 2.37. The van der Waals surface area contributed by atoms with Crippen molar-refractivity contribution in [3.63, 3.8) is 0 Å². The Labute approximate surface area is 107 Å². The third-order valence-corrected chi connectivity index (χ3v) is 1.90. The van der Waals surface area contributed by atoms with Crippen LogP contribution in [0.1, 0.15) is 20.8 Å². The van der Waals surface area contributed by atoms with Crippen LogP contribution in [0.5, 0.6) is 0 Å². The van der Waals surface area contributed by atoms with Crippen LogP contribution in [0, 0.1) is 5.92 Å². The van der Waals surface area contributed by atoms with Crippen LogP contribution in [0.25, 0.3) is 0 Å². The zero-order valence-electron chi connectivity index (χ0n) is 11.0. The molecule has 0 radical (unpaired) electrons. The van der Waals surface area contributed by atoms with Crippen molar-refractivity contribution < 1.29 is 24.2 Å². The minimum atomic E-state index is -1.34. The molecule has 0 fully saturated rings. The zero-order valence-corrected chi connectivity index (χ0v) is 11.0. The van der Waals surface area contributed by atoms with Crippen molar-refractivity contribution in [1.82, 2.24) is 0 Å². The van der Waals surface area contributed by atoms with Crippen molar-refractivity contribution in [2.24, 2.45) is 11.7 Å². The molecule has 0 bridgehead atoms. The predicted molar refractivity (Wildman–Crippen MR) is 65.6 cm³/mol. The number of carbonyl (C=O) groups is 2. The quantitative estimate of drug-likeness (QED) is 0.395. The minimum absolute atomic E-state index is 0.0315. The number of esters is 2. The average Bonchev–Trinajstić information content (AvgIpc) is 2.23. The molecule has 0 saturated heterocycles. The molecule has 2 atom stereocenters. The van der Waals surface area contributed by atoms with Gasteiger partial charge in [0, 0.05) is 0 Å². The van der Waals surface area contributed by atoms with Gasteiger partial charge < -0.3 is 20.3 Å². The molecule has 0 aliphatic rings. The second-order valence-corrected chi connectivity index (χ2v) is 4.78. The van der Waals surface area contributed by atoms with E-state index in [1.165, 1.54) is 6.08 Å². The summed E-state index contributed by atoms with van der Waals surface area (Å²) < 4.78 is 9.83. The number of carbonyl (C=O) groups excluding carboxylic acids is 2. The van der Waals surface area contributed by atoms with E-state index in [4.69, 9.17) is 20.3 Å². The van der Waals surface area contributed by atoms with E-state index in [2.05, 4.69) is 6.58 Å². The highest BCUT2D eigenvalue weighted by atomic mass is 16.6. The first kappa shape index (κ1) is 16.6. The van der Waals surface area contributed by atoms with Crippen LogP contribution in [0.15, 0.2) is 12.7 Å². The third-order valence-electron chi connectivity index (χ3n) is 1.90. The monoisotopic (exact) mass is 259 g/mol. The van der Waals surface area contributed by atoms with Gasteiger partial charge in [0.15, 0.2) is 5.92 Å². The number of hydrogen-bond acceptors (Lipinski definition) is 6. The Morgan fingerprint density at radius 3 is 2.33 bits per heavy atom. The van der Waals surface area contributed by atoms with E-state index in [1.807, 2.05) is 0 Å². The molecule has 0 aliphatic carbocycles. The van der Waals surface area contributed by atoms with E-state index in [9.17, 15) is 9.59 Å². The number of nitrogens with two attached hydrogens (primary N) is 1. The lowest BCUT2D eigenvalue weighted by molar-refractivity contribution is -0.170. The summed E-state index contributed by atoms with van der Waals surface area (Å²) in [6.07, 6.45) is 1.37. The Kier molecular flexibility index (Phi) is 6.57. The van der Waals surface area contributed by atoms with E-state index < -0.39 is 36.1 Å². The lowest BCUT2D eigenvalue weighted by Crippen LogP contribution is -2.46. The van der Waals surface area contributed by atoms with Gasteiger partial charge in [0.2, 0.25) is 0 Å². The zero-order chi connectivity index (χ0) is 14.3. The molecule has 0 saturated carbocycles. The third kappa shape index (κ3) is 5.79. The summed E-state index contributed by atoms with van der Waals surface area (Å²) >= 11 is 0. The summed E-state index contributed by atoms with van der Waals surface area (Å²) in [5.41, 5.74) is 4.79. The van der Waals surface area contributed by atoms with Crippen molar-refractivity contribution in [2.75, 3.05) is 13.2 Å². The fraction of sp³-hybridized carbons (Fsp3) is 0.667. The molecular weight excluding hydrogens is 238 g/mol. The summed E-state index contributed by atoms with van der Waals surface area (Å²) in [4.78, 5) is 23.5. The van der Waals surface area contributed by atoms with Gasteiger partial charge >= 0.3 is 11.9 Å². The lowest BCUT2D eigenvalue weighted by Gasteiger charge is -2.25. The minimum Gasteiger partial charge on any atom is -0.461 e. The molecule has 6 heteroatoms. The Balaban J connectivity index is 4.82. The molecule has 104 valence electrons. The van der Waals surface area contributed by atoms with E-state index >= 15 is 0 Å². The first-order chi connectivity index (χ1) is 8.22. The van der Waals surface area contributed by atoms with Crippen LogP contribution in [-0.4, -0.2) is 41.9 Å². The van der Waals surface area contributed by atoms with Gasteiger partial charge in [-0.1, -0.05) is 12.7 Å². The molecular formula is C12H21NO5. The summed E-state index contributed by atoms with van der Waals surface area (Å²) in [5, 5.41) is 8.97. The maximum atomic E-state index is 11.8. The van der Waals surface area contributed by atoms with E-state index in [-0.39, 0.29) is 6.61 Å². The van der Waals surface area contributed by atoms with Crippen LogP contribution in [0.2, 0.25) is 0 Å². The molecule has 3 N–H and O–H groups in total. The van der Waals surface area contributed by atoms with Gasteiger partial charge in [-0.15, -0.1) is 0 Å². The molecule has 0 aromatic carbocycles. The Bertz CT molecular complexity index is 308. The number of hydrogen-bond donors (Lipinski definition) is 2. The first-order valence-electron chi connectivity index (χ1n) is 5.59. The maximum absolute atomic E-state index is 11.8. The van der Waals surface area contributed by atoms with Crippen molar-refractivity contribution in [1.29, 1.82) is 0 Å². The second-order valence-electron chi connectivity index (χ2n) is 4.78. The number of aliphatic hydroxyl groups is 1. The summed E-state index contributed by atoms with van der Waals surface area (Å²) in [7, 11) is 0. The molecule has 2 unspecified atom stereocenters. The largest absolute Gasteiger partial charge is 0.461 e. The van der Waals surface area contributed by atoms with E-state index in [0.29, 0.717) is 0 Å². The van der Waals surface area contributed by atoms with Crippen LogP contribution < -0.4 is 5.73 Å². The van der Waals surface area contributed by atoms with E-state index in [1.54, 1.807) is 20.8 Å². The number of ether oxygens (including phenoxy) is 2. The van der Waals surface area contributed by atoms with E-state index in [0.717, 1.165) is 0 Å². The van der Waals surface area contributed by atoms with Crippen molar-refractivity contribution in [3.05, 3.63) is 12.7 Å². The molecule has 0 spiro atoms. The van der Waals surface area contributed by atoms with Crippen molar-refractivity contribution >= 4 is 11.9 Å². The molecule has 0 aromatic rings. The molecule has 18 heavy (non-hydrogen) atoms. The number of rotatable bonds is 6. The maximum Gasteiger partial charge on any atom is 0.322 e. The standard InChI is InChI=1S/C12H21NO5/c1-5-6-17-10(15)9(8(13)7-14)11(16)18-12(2,3)4/h5,8-9,14H,1,6-7,13H2,2-4H3. The van der Waals surface area contributed by atoms with Crippen LogP contribution in [0.3, 0.4) is 0 Å². The van der Waals surface area contributed by atoms with Crippen LogP contribution in [-0.2, 0) is 19.1 Å². The summed E-state index contributed by atoms with van der Waals surface area (Å²) in [5.74, 6) is -2.97. The number of aliphatic hydroxyl groups excluding tert-OH is 1. The van der Waals surface area contributed by atoms with Gasteiger partial charge in [-0.05, 0) is 20.8 Å². The molecule has 0 amide bonds. The normalized spacial score (nSPS) is 14.5. The second kappa shape index (κ2) is 7.13. The Hall–Kier alpha value is -1.40. The molecule has 0 aromatic heterocycles. The van der Waals surface area contributed by atoms with Crippen molar-refractivity contribution in [2.45, 2.75) is 32.4 Å². The van der Waals surface area contributed by atoms with Gasteiger partial charge in [0.25, 0.3) is 0 Å².